The average Bonchev–Trinajstić information content (AvgIpc) is 3.84. The van der Waals surface area contributed by atoms with Crippen LogP contribution in [0.3, 0.4) is 0 Å². The summed E-state index contributed by atoms with van der Waals surface area (Å²) in [6, 6.07) is 0. The Morgan fingerprint density at radius 2 is 1.20 bits per heavy atom. The first-order valence-corrected chi connectivity index (χ1v) is 24.4. The first-order chi connectivity index (χ1) is 30.1. The molecule has 17 nitrogen and oxygen atoms in total. The zero-order valence-electron chi connectivity index (χ0n) is 40.0. The SMILES string of the molecule is CC1OC(O[C@H]2[C@H](O[C@H]3CC[C@]4(C)[C@H]5CC(=O)[C@@H]6[C@@H]([C@]7(C)CC[C@H](C(C)(C)O)O7)CC[C@@]6(C)[C@]5(C)CC[C@H]4C3(C)C)O[C@H](CO)[C@@H](O)[C@@H]2O[C@@H]2O[C@@H](C)[C@H](O)[C@@H](O)[C@H]2O)[C@H](O)[C@H](O)C1O. The topological polar surface area (TPSA) is 264 Å². The van der Waals surface area contributed by atoms with Crippen molar-refractivity contribution in [3.05, 3.63) is 0 Å². The molecule has 4 aliphatic heterocycles. The van der Waals surface area contributed by atoms with Gasteiger partial charge in [0.2, 0.25) is 0 Å². The van der Waals surface area contributed by atoms with Gasteiger partial charge in [-0.25, -0.2) is 0 Å². The van der Waals surface area contributed by atoms with Gasteiger partial charge < -0.3 is 79.1 Å². The Hall–Kier alpha value is -0.970. The Morgan fingerprint density at radius 1 is 0.631 bits per heavy atom. The van der Waals surface area contributed by atoms with E-state index in [2.05, 4.69) is 41.5 Å². The second-order valence-electron chi connectivity index (χ2n) is 23.7. The highest BCUT2D eigenvalue weighted by Crippen LogP contribution is 2.75. The Balaban J connectivity index is 1.06. The highest BCUT2D eigenvalue weighted by molar-refractivity contribution is 5.84. The lowest BCUT2D eigenvalue weighted by atomic mass is 9.35. The monoisotopic (exact) mass is 929 g/mol. The normalized spacial score (nSPS) is 55.9. The summed E-state index contributed by atoms with van der Waals surface area (Å²) >= 11 is 0. The van der Waals surface area contributed by atoms with Crippen molar-refractivity contribution in [3.8, 4) is 0 Å². The molecular formula is C48H80O17. The minimum Gasteiger partial charge on any atom is -0.394 e. The fraction of sp³-hybridized carbons (Fsp3) is 0.979. The Labute approximate surface area is 383 Å². The second kappa shape index (κ2) is 17.4. The van der Waals surface area contributed by atoms with Crippen LogP contribution in [0.25, 0.3) is 0 Å². The Morgan fingerprint density at radius 3 is 1.75 bits per heavy atom. The highest BCUT2D eigenvalue weighted by Gasteiger charge is 2.72. The first kappa shape index (κ1) is 50.4. The number of Topliss-reactive ketones (excluding diaryl/α,β-unsaturated/α-hetero) is 1. The summed E-state index contributed by atoms with van der Waals surface area (Å²) in [6.45, 7) is 19.5. The van der Waals surface area contributed by atoms with Gasteiger partial charge in [0.15, 0.2) is 18.9 Å². The van der Waals surface area contributed by atoms with E-state index in [1.165, 1.54) is 13.8 Å². The van der Waals surface area contributed by atoms with Gasteiger partial charge >= 0.3 is 0 Å². The number of hydrogen-bond donors (Lipinski definition) is 9. The van der Waals surface area contributed by atoms with Crippen molar-refractivity contribution < 1.29 is 83.9 Å². The standard InChI is InChI=1S/C48H80O17/c1-21-31(51)34(54)36(56)40(59-21)63-38-33(53)25(20-49)61-42(39(38)64-41-37(57)35(55)32(52)22(2)60-41)62-28-13-15-45(7)26(43(28,3)4)12-17-46(8)27(45)19-24(50)30-23(11-16-47(30,46)9)48(10)18-14-29(65-48)44(5,6)58/h21-23,25-42,49,51-58H,11-20H2,1-10H3/t21-,22?,23-,25+,26-,27+,28-,29+,30-,31-,32?,33+,34+,35+,36+,37+,38-,39+,40-,41?,42-,45-,46+,47+,48-/m0/s1. The van der Waals surface area contributed by atoms with Gasteiger partial charge in [0.25, 0.3) is 0 Å². The van der Waals surface area contributed by atoms with Crippen molar-refractivity contribution in [1.29, 1.82) is 0 Å². The Kier molecular flexibility index (Phi) is 13.5. The van der Waals surface area contributed by atoms with Gasteiger partial charge in [-0.1, -0.05) is 34.6 Å². The minimum atomic E-state index is -1.77. The third-order valence-corrected chi connectivity index (χ3v) is 19.3. The molecule has 17 heteroatoms. The van der Waals surface area contributed by atoms with E-state index >= 15 is 0 Å². The van der Waals surface area contributed by atoms with Crippen molar-refractivity contribution in [3.63, 3.8) is 0 Å². The number of fused-ring (bicyclic) bond motifs is 5. The third-order valence-electron chi connectivity index (χ3n) is 19.3. The molecule has 4 aliphatic carbocycles. The fourth-order valence-corrected chi connectivity index (χ4v) is 15.1. The molecule has 0 spiro atoms. The molecule has 374 valence electrons. The van der Waals surface area contributed by atoms with E-state index in [-0.39, 0.29) is 46.0 Å². The van der Waals surface area contributed by atoms with E-state index in [0.717, 1.165) is 44.9 Å². The molecule has 3 unspecified atom stereocenters. The van der Waals surface area contributed by atoms with Crippen LogP contribution in [0, 0.1) is 45.3 Å². The lowest BCUT2D eigenvalue weighted by Gasteiger charge is -2.69. The van der Waals surface area contributed by atoms with Gasteiger partial charge in [-0.2, -0.15) is 0 Å². The van der Waals surface area contributed by atoms with Gasteiger partial charge in [-0.3, -0.25) is 4.79 Å². The van der Waals surface area contributed by atoms with E-state index in [0.29, 0.717) is 18.6 Å². The maximum atomic E-state index is 14.9. The van der Waals surface area contributed by atoms with Crippen LogP contribution in [0.2, 0.25) is 0 Å². The van der Waals surface area contributed by atoms with Crippen LogP contribution in [0.4, 0.5) is 0 Å². The van der Waals surface area contributed by atoms with Crippen LogP contribution < -0.4 is 0 Å². The zero-order valence-corrected chi connectivity index (χ0v) is 40.0. The van der Waals surface area contributed by atoms with Crippen molar-refractivity contribution in [1.82, 2.24) is 0 Å². The molecule has 0 amide bonds. The summed E-state index contributed by atoms with van der Waals surface area (Å²) in [5, 5.41) is 97.4. The number of ether oxygens (including phenoxy) is 7. The van der Waals surface area contributed by atoms with E-state index in [1.807, 2.05) is 0 Å². The molecular weight excluding hydrogens is 849 g/mol. The molecule has 8 fully saturated rings. The summed E-state index contributed by atoms with van der Waals surface area (Å²) < 4.78 is 44.2. The smallest absolute Gasteiger partial charge is 0.187 e. The van der Waals surface area contributed by atoms with Gasteiger partial charge in [-0.05, 0) is 125 Å². The van der Waals surface area contributed by atoms with Crippen LogP contribution in [-0.4, -0.2) is 174 Å². The zero-order chi connectivity index (χ0) is 47.7. The fourth-order valence-electron chi connectivity index (χ4n) is 15.1. The van der Waals surface area contributed by atoms with Crippen molar-refractivity contribution in [2.45, 2.75) is 243 Å². The predicted molar refractivity (Wildman–Crippen MR) is 229 cm³/mol. The first-order valence-electron chi connectivity index (χ1n) is 24.4. The number of ketones is 1. The van der Waals surface area contributed by atoms with Crippen molar-refractivity contribution >= 4 is 5.78 Å². The summed E-state index contributed by atoms with van der Waals surface area (Å²) in [5.41, 5.74) is -2.62. The number of hydrogen-bond acceptors (Lipinski definition) is 17. The summed E-state index contributed by atoms with van der Waals surface area (Å²) in [6.07, 6.45) is -16.1. The van der Waals surface area contributed by atoms with Gasteiger partial charge in [0, 0.05) is 12.3 Å². The Bertz CT molecular complexity index is 1730. The molecule has 65 heavy (non-hydrogen) atoms. The van der Waals surface area contributed by atoms with E-state index in [4.69, 9.17) is 33.2 Å². The number of carbonyl (C=O) groups is 1. The van der Waals surface area contributed by atoms with Gasteiger partial charge in [0.1, 0.15) is 66.8 Å². The van der Waals surface area contributed by atoms with Crippen LogP contribution in [0.15, 0.2) is 0 Å². The molecule has 0 aromatic carbocycles. The summed E-state index contributed by atoms with van der Waals surface area (Å²) in [7, 11) is 0. The van der Waals surface area contributed by atoms with Crippen LogP contribution in [-0.2, 0) is 38.0 Å². The molecule has 0 radical (unpaired) electrons. The summed E-state index contributed by atoms with van der Waals surface area (Å²) in [4.78, 5) is 14.9. The van der Waals surface area contributed by atoms with E-state index in [1.54, 1.807) is 13.8 Å². The lowest BCUT2D eigenvalue weighted by Crippen LogP contribution is -2.68. The van der Waals surface area contributed by atoms with E-state index < -0.39 is 121 Å². The number of aliphatic hydroxyl groups is 9. The molecule has 4 heterocycles. The third kappa shape index (κ3) is 8.03. The van der Waals surface area contributed by atoms with Crippen LogP contribution >= 0.6 is 0 Å². The molecule has 0 aromatic heterocycles. The molecule has 8 rings (SSSR count). The second-order valence-corrected chi connectivity index (χ2v) is 23.7. The largest absolute Gasteiger partial charge is 0.394 e. The van der Waals surface area contributed by atoms with E-state index in [9.17, 15) is 50.8 Å². The van der Waals surface area contributed by atoms with Crippen LogP contribution in [0.5, 0.6) is 0 Å². The van der Waals surface area contributed by atoms with Gasteiger partial charge in [0.05, 0.1) is 42.2 Å². The summed E-state index contributed by atoms with van der Waals surface area (Å²) in [5.74, 6) is 0.438. The van der Waals surface area contributed by atoms with Crippen molar-refractivity contribution in [2.75, 3.05) is 6.61 Å². The molecule has 9 N–H and O–H groups in total. The lowest BCUT2D eigenvalue weighted by molar-refractivity contribution is -0.397. The van der Waals surface area contributed by atoms with Gasteiger partial charge in [-0.15, -0.1) is 0 Å². The molecule has 25 atom stereocenters. The quantitative estimate of drug-likeness (QED) is 0.148. The average molecular weight is 929 g/mol. The van der Waals surface area contributed by atoms with Crippen molar-refractivity contribution in [2.24, 2.45) is 45.3 Å². The minimum absolute atomic E-state index is 0.0700. The molecule has 4 saturated carbocycles. The number of aliphatic hydroxyl groups excluding tert-OH is 8. The van der Waals surface area contributed by atoms with Crippen LogP contribution in [0.1, 0.15) is 127 Å². The highest BCUT2D eigenvalue weighted by atomic mass is 16.8. The molecule has 8 aliphatic rings. The molecule has 0 aromatic rings. The molecule has 4 saturated heterocycles. The maximum Gasteiger partial charge on any atom is 0.187 e. The number of rotatable bonds is 9. The predicted octanol–water partition coefficient (Wildman–Crippen LogP) is 1.45. The molecule has 0 bridgehead atoms. The maximum absolute atomic E-state index is 14.9. The number of carbonyl (C=O) groups excluding carboxylic acids is 1.